The van der Waals surface area contributed by atoms with Crippen molar-refractivity contribution < 1.29 is 14.3 Å². The van der Waals surface area contributed by atoms with Gasteiger partial charge < -0.3 is 15.8 Å². The van der Waals surface area contributed by atoms with Gasteiger partial charge in [0.05, 0.1) is 13.7 Å². The molecule has 86 valence electrons. The second-order valence-corrected chi connectivity index (χ2v) is 3.03. The molecule has 0 aromatic carbocycles. The summed E-state index contributed by atoms with van der Waals surface area (Å²) in [6, 6.07) is 1.59. The highest BCUT2D eigenvalue weighted by atomic mass is 16.5. The third kappa shape index (κ3) is 3.19. The van der Waals surface area contributed by atoms with Crippen LogP contribution in [0, 0.1) is 6.92 Å². The Labute approximate surface area is 92.0 Å². The summed E-state index contributed by atoms with van der Waals surface area (Å²) in [6.07, 6.45) is 0. The second kappa shape index (κ2) is 5.06. The van der Waals surface area contributed by atoms with Crippen LogP contribution < -0.4 is 11.1 Å². The number of aryl methyl sites for hydroxylation is 1. The summed E-state index contributed by atoms with van der Waals surface area (Å²) in [5.74, 6) is -0.858. The normalized spacial score (nSPS) is 9.62. The molecule has 0 saturated carbocycles. The van der Waals surface area contributed by atoms with E-state index in [1.807, 2.05) is 0 Å². The molecule has 0 unspecified atom stereocenters. The van der Waals surface area contributed by atoms with E-state index in [0.29, 0.717) is 11.5 Å². The van der Waals surface area contributed by atoms with Crippen molar-refractivity contribution in [1.82, 2.24) is 9.97 Å². The Morgan fingerprint density at radius 1 is 1.50 bits per heavy atom. The van der Waals surface area contributed by atoms with Crippen LogP contribution >= 0.6 is 0 Å². The van der Waals surface area contributed by atoms with E-state index in [0.717, 1.165) is 0 Å². The van der Waals surface area contributed by atoms with Crippen LogP contribution in [0.25, 0.3) is 0 Å². The van der Waals surface area contributed by atoms with Gasteiger partial charge in [-0.15, -0.1) is 0 Å². The molecular weight excluding hydrogens is 212 g/mol. The van der Waals surface area contributed by atoms with E-state index < -0.39 is 11.9 Å². The Bertz CT molecular complexity index is 419. The average Bonchev–Trinajstić information content (AvgIpc) is 2.24. The van der Waals surface area contributed by atoms with Gasteiger partial charge in [0.2, 0.25) is 11.7 Å². The molecule has 0 spiro atoms. The van der Waals surface area contributed by atoms with Crippen LogP contribution in [-0.2, 0) is 9.53 Å². The van der Waals surface area contributed by atoms with Crippen molar-refractivity contribution >= 4 is 17.7 Å². The van der Waals surface area contributed by atoms with Gasteiger partial charge in [0.25, 0.3) is 0 Å². The van der Waals surface area contributed by atoms with Gasteiger partial charge in [0.1, 0.15) is 5.82 Å². The molecule has 3 N–H and O–H groups in total. The van der Waals surface area contributed by atoms with Crippen LogP contribution in [0.4, 0.5) is 5.82 Å². The Balaban J connectivity index is 2.89. The van der Waals surface area contributed by atoms with Crippen molar-refractivity contribution in [2.24, 2.45) is 5.73 Å². The highest BCUT2D eigenvalue weighted by Gasteiger charge is 2.11. The van der Waals surface area contributed by atoms with Gasteiger partial charge >= 0.3 is 5.97 Å². The third-order valence-corrected chi connectivity index (χ3v) is 1.67. The molecule has 16 heavy (non-hydrogen) atoms. The van der Waals surface area contributed by atoms with Gasteiger partial charge in [0.15, 0.2) is 0 Å². The Morgan fingerprint density at radius 2 is 2.19 bits per heavy atom. The van der Waals surface area contributed by atoms with E-state index in [9.17, 15) is 9.59 Å². The zero-order valence-electron chi connectivity index (χ0n) is 8.98. The van der Waals surface area contributed by atoms with Crippen molar-refractivity contribution in [1.29, 1.82) is 0 Å². The monoisotopic (exact) mass is 224 g/mol. The fourth-order valence-corrected chi connectivity index (χ4v) is 1.02. The lowest BCUT2D eigenvalue weighted by atomic mass is 10.4. The number of hydrogen-bond acceptors (Lipinski definition) is 6. The van der Waals surface area contributed by atoms with E-state index in [1.165, 1.54) is 7.11 Å². The predicted octanol–water partition coefficient (Wildman–Crippen LogP) is -0.531. The van der Waals surface area contributed by atoms with E-state index >= 15 is 0 Å². The maximum absolute atomic E-state index is 11.2. The van der Waals surface area contributed by atoms with Crippen LogP contribution in [0.1, 0.15) is 16.3 Å². The summed E-state index contributed by atoms with van der Waals surface area (Å²) in [5, 5.41) is 2.67. The first-order valence-corrected chi connectivity index (χ1v) is 4.49. The third-order valence-electron chi connectivity index (χ3n) is 1.67. The average molecular weight is 224 g/mol. The molecule has 1 heterocycles. The van der Waals surface area contributed by atoms with Gasteiger partial charge in [-0.05, 0) is 6.92 Å². The number of nitrogens with zero attached hydrogens (tertiary/aromatic N) is 2. The van der Waals surface area contributed by atoms with Crippen molar-refractivity contribution in [2.45, 2.75) is 6.92 Å². The molecule has 1 amide bonds. The second-order valence-electron chi connectivity index (χ2n) is 3.03. The number of methoxy groups -OCH3 is 1. The number of nitrogens with two attached hydrogens (primary N) is 1. The van der Waals surface area contributed by atoms with Crippen molar-refractivity contribution in [3.8, 4) is 0 Å². The van der Waals surface area contributed by atoms with Gasteiger partial charge in [-0.1, -0.05) is 0 Å². The number of primary amides is 1. The first kappa shape index (κ1) is 11.9. The molecule has 0 aliphatic rings. The minimum Gasteiger partial charge on any atom is -0.463 e. The maximum atomic E-state index is 11.2. The lowest BCUT2D eigenvalue weighted by Crippen LogP contribution is -2.23. The highest BCUT2D eigenvalue weighted by Crippen LogP contribution is 2.06. The predicted molar refractivity (Wildman–Crippen MR) is 55.8 cm³/mol. The smallest absolute Gasteiger partial charge is 0.376 e. The summed E-state index contributed by atoms with van der Waals surface area (Å²) < 4.78 is 4.49. The van der Waals surface area contributed by atoms with E-state index in [2.05, 4.69) is 20.0 Å². The van der Waals surface area contributed by atoms with Gasteiger partial charge in [-0.3, -0.25) is 4.79 Å². The number of carbonyl (C=O) groups is 2. The number of carbonyl (C=O) groups excluding carboxylic acids is 2. The van der Waals surface area contributed by atoms with Gasteiger partial charge in [-0.2, -0.15) is 0 Å². The van der Waals surface area contributed by atoms with Crippen LogP contribution in [-0.4, -0.2) is 35.5 Å². The first-order valence-electron chi connectivity index (χ1n) is 4.49. The molecule has 0 bridgehead atoms. The molecule has 0 saturated heterocycles. The molecular formula is C9H12N4O3. The lowest BCUT2D eigenvalue weighted by Gasteiger charge is -2.05. The van der Waals surface area contributed by atoms with Gasteiger partial charge in [0, 0.05) is 11.8 Å². The molecule has 7 nitrogen and oxygen atoms in total. The molecule has 1 aromatic rings. The van der Waals surface area contributed by atoms with Crippen LogP contribution in [0.5, 0.6) is 0 Å². The van der Waals surface area contributed by atoms with Crippen LogP contribution in [0.15, 0.2) is 6.07 Å². The van der Waals surface area contributed by atoms with E-state index in [4.69, 9.17) is 5.73 Å². The zero-order valence-corrected chi connectivity index (χ0v) is 8.98. The summed E-state index contributed by atoms with van der Waals surface area (Å²) >= 11 is 0. The van der Waals surface area contributed by atoms with Crippen LogP contribution in [0.2, 0.25) is 0 Å². The number of ether oxygens (including phenoxy) is 1. The highest BCUT2D eigenvalue weighted by molar-refractivity contribution is 5.85. The molecule has 0 radical (unpaired) electrons. The summed E-state index contributed by atoms with van der Waals surface area (Å²) in [6.45, 7) is 1.64. The minimum atomic E-state index is -0.633. The maximum Gasteiger partial charge on any atom is 0.376 e. The minimum absolute atomic E-state index is 0.0585. The molecule has 0 atom stereocenters. The fourth-order valence-electron chi connectivity index (χ4n) is 1.02. The van der Waals surface area contributed by atoms with Crippen molar-refractivity contribution in [2.75, 3.05) is 19.0 Å². The van der Waals surface area contributed by atoms with Gasteiger partial charge in [-0.25, -0.2) is 14.8 Å². The Hall–Kier alpha value is -2.18. The fraction of sp³-hybridized carbons (Fsp3) is 0.333. The van der Waals surface area contributed by atoms with E-state index in [1.54, 1.807) is 13.0 Å². The molecule has 7 heteroatoms. The Morgan fingerprint density at radius 3 is 2.75 bits per heavy atom. The van der Waals surface area contributed by atoms with Crippen molar-refractivity contribution in [3.05, 3.63) is 17.6 Å². The number of aromatic nitrogens is 2. The molecule has 1 rings (SSSR count). The summed E-state index contributed by atoms with van der Waals surface area (Å²) in [5.41, 5.74) is 5.55. The topological polar surface area (TPSA) is 107 Å². The standard InChI is InChI=1S/C9H12N4O3/c1-5-3-7(11-4-6(10)14)13-8(12-5)9(15)16-2/h3H,4H2,1-2H3,(H2,10,14)(H,11,12,13). The number of anilines is 1. The molecule has 0 fully saturated rings. The molecule has 0 aliphatic heterocycles. The number of rotatable bonds is 4. The number of amides is 1. The summed E-state index contributed by atoms with van der Waals surface area (Å²) in [4.78, 5) is 29.5. The summed E-state index contributed by atoms with van der Waals surface area (Å²) in [7, 11) is 1.24. The largest absolute Gasteiger partial charge is 0.463 e. The van der Waals surface area contributed by atoms with Crippen molar-refractivity contribution in [3.63, 3.8) is 0 Å². The quantitative estimate of drug-likeness (QED) is 0.665. The lowest BCUT2D eigenvalue weighted by molar-refractivity contribution is -0.116. The number of nitrogens with one attached hydrogen (secondary N) is 1. The first-order chi connectivity index (χ1) is 7.52. The number of esters is 1. The number of hydrogen-bond donors (Lipinski definition) is 2. The SMILES string of the molecule is COC(=O)c1nc(C)cc(NCC(N)=O)n1. The van der Waals surface area contributed by atoms with E-state index in [-0.39, 0.29) is 12.4 Å². The zero-order chi connectivity index (χ0) is 12.1. The molecule has 1 aromatic heterocycles. The van der Waals surface area contributed by atoms with Crippen LogP contribution in [0.3, 0.4) is 0 Å². The molecule has 0 aliphatic carbocycles. The Kier molecular flexibility index (Phi) is 3.76.